The molecule has 0 aliphatic heterocycles. The fourth-order valence-corrected chi connectivity index (χ4v) is 2.42. The number of hydrogen-bond acceptors (Lipinski definition) is 5. The Kier molecular flexibility index (Phi) is 5.95. The monoisotopic (exact) mass is 328 g/mol. The number of rotatable bonds is 7. The Hall–Kier alpha value is -2.82. The van der Waals surface area contributed by atoms with Gasteiger partial charge in [-0.15, -0.1) is 0 Å². The summed E-state index contributed by atoms with van der Waals surface area (Å²) in [5.41, 5.74) is 1.20. The smallest absolute Gasteiger partial charge is 0.313 e. The first-order valence-corrected chi connectivity index (χ1v) is 7.48. The summed E-state index contributed by atoms with van der Waals surface area (Å²) in [5.74, 6) is 0.0165. The number of methoxy groups -OCH3 is 3. The van der Waals surface area contributed by atoms with Crippen LogP contribution in [0.5, 0.6) is 11.5 Å². The van der Waals surface area contributed by atoms with Crippen molar-refractivity contribution in [1.29, 1.82) is 0 Å². The van der Waals surface area contributed by atoms with Gasteiger partial charge in [-0.25, -0.2) is 0 Å². The van der Waals surface area contributed by atoms with E-state index in [1.165, 1.54) is 7.11 Å². The Balaban J connectivity index is 2.24. The van der Waals surface area contributed by atoms with Crippen molar-refractivity contribution >= 4 is 11.8 Å². The van der Waals surface area contributed by atoms with Gasteiger partial charge in [-0.1, -0.05) is 12.1 Å². The predicted octanol–water partition coefficient (Wildman–Crippen LogP) is 3.23. The molecule has 5 heteroatoms. The molecule has 0 fully saturated rings. The SMILES string of the molecule is COC(=O)[C@@H](CC(=O)c1ccc(OC)cc1)c1cccc(OC)c1. The highest BCUT2D eigenvalue weighted by Gasteiger charge is 2.25. The summed E-state index contributed by atoms with van der Waals surface area (Å²) in [6.07, 6.45) is 0.0200. The van der Waals surface area contributed by atoms with Gasteiger partial charge < -0.3 is 14.2 Å². The zero-order chi connectivity index (χ0) is 17.5. The summed E-state index contributed by atoms with van der Waals surface area (Å²) in [7, 11) is 4.43. The maximum Gasteiger partial charge on any atom is 0.313 e. The highest BCUT2D eigenvalue weighted by Crippen LogP contribution is 2.27. The third-order valence-electron chi connectivity index (χ3n) is 3.78. The van der Waals surface area contributed by atoms with Crippen LogP contribution in [-0.2, 0) is 9.53 Å². The van der Waals surface area contributed by atoms with E-state index in [0.29, 0.717) is 22.6 Å². The average molecular weight is 328 g/mol. The standard InChI is InChI=1S/C19H20O5/c1-22-15-9-7-13(8-10-15)18(20)12-17(19(21)24-3)14-5-4-6-16(11-14)23-2/h4-11,17H,12H2,1-3H3/t17-/m0/s1. The van der Waals surface area contributed by atoms with Crippen molar-refractivity contribution in [2.75, 3.05) is 21.3 Å². The zero-order valence-corrected chi connectivity index (χ0v) is 13.9. The van der Waals surface area contributed by atoms with Crippen molar-refractivity contribution in [3.05, 3.63) is 59.7 Å². The first kappa shape index (κ1) is 17.5. The van der Waals surface area contributed by atoms with E-state index >= 15 is 0 Å². The largest absolute Gasteiger partial charge is 0.497 e. The van der Waals surface area contributed by atoms with Gasteiger partial charge in [-0.05, 0) is 42.0 Å². The maximum absolute atomic E-state index is 12.5. The molecule has 126 valence electrons. The van der Waals surface area contributed by atoms with Crippen LogP contribution in [0.1, 0.15) is 28.3 Å². The molecule has 0 bridgehead atoms. The summed E-state index contributed by atoms with van der Waals surface area (Å²) in [6, 6.07) is 13.9. The Labute approximate surface area is 141 Å². The number of hydrogen-bond donors (Lipinski definition) is 0. The van der Waals surface area contributed by atoms with Crippen molar-refractivity contribution < 1.29 is 23.8 Å². The van der Waals surface area contributed by atoms with Gasteiger partial charge in [0.25, 0.3) is 0 Å². The minimum absolute atomic E-state index is 0.0200. The highest BCUT2D eigenvalue weighted by atomic mass is 16.5. The van der Waals surface area contributed by atoms with Crippen molar-refractivity contribution in [3.63, 3.8) is 0 Å². The maximum atomic E-state index is 12.5. The molecule has 1 atom stereocenters. The number of esters is 1. The van der Waals surface area contributed by atoms with Crippen molar-refractivity contribution in [2.24, 2.45) is 0 Å². The van der Waals surface area contributed by atoms with Crippen LogP contribution in [0.15, 0.2) is 48.5 Å². The van der Waals surface area contributed by atoms with Gasteiger partial charge in [0.2, 0.25) is 0 Å². The van der Waals surface area contributed by atoms with Crippen molar-refractivity contribution in [3.8, 4) is 11.5 Å². The van der Waals surface area contributed by atoms with E-state index in [9.17, 15) is 9.59 Å². The Morgan fingerprint density at radius 3 is 2.17 bits per heavy atom. The lowest BCUT2D eigenvalue weighted by Gasteiger charge is -2.15. The Morgan fingerprint density at radius 2 is 1.58 bits per heavy atom. The average Bonchev–Trinajstić information content (AvgIpc) is 2.65. The minimum atomic E-state index is -0.681. The molecule has 2 rings (SSSR count). The van der Waals surface area contributed by atoms with Crippen LogP contribution in [0.4, 0.5) is 0 Å². The molecular weight excluding hydrogens is 308 g/mol. The van der Waals surface area contributed by atoms with Gasteiger partial charge in [-0.3, -0.25) is 9.59 Å². The van der Waals surface area contributed by atoms with Crippen LogP contribution in [0.3, 0.4) is 0 Å². The third kappa shape index (κ3) is 4.13. The van der Waals surface area contributed by atoms with E-state index in [1.54, 1.807) is 62.8 Å². The van der Waals surface area contributed by atoms with Gasteiger partial charge in [0, 0.05) is 12.0 Å². The zero-order valence-electron chi connectivity index (χ0n) is 13.9. The van der Waals surface area contributed by atoms with E-state index in [-0.39, 0.29) is 12.2 Å². The number of benzene rings is 2. The lowest BCUT2D eigenvalue weighted by molar-refractivity contribution is -0.142. The molecule has 0 amide bonds. The van der Waals surface area contributed by atoms with Crippen LogP contribution in [-0.4, -0.2) is 33.1 Å². The van der Waals surface area contributed by atoms with Crippen LogP contribution in [0.2, 0.25) is 0 Å². The molecule has 24 heavy (non-hydrogen) atoms. The lowest BCUT2D eigenvalue weighted by atomic mass is 9.91. The summed E-state index contributed by atoms with van der Waals surface area (Å²) >= 11 is 0. The van der Waals surface area contributed by atoms with E-state index in [0.717, 1.165) is 0 Å². The topological polar surface area (TPSA) is 61.8 Å². The molecule has 0 unspecified atom stereocenters. The lowest BCUT2D eigenvalue weighted by Crippen LogP contribution is -2.18. The molecule has 2 aromatic carbocycles. The normalized spacial score (nSPS) is 11.5. The fraction of sp³-hybridized carbons (Fsp3) is 0.263. The summed E-state index contributed by atoms with van der Waals surface area (Å²) in [6.45, 7) is 0. The third-order valence-corrected chi connectivity index (χ3v) is 3.78. The van der Waals surface area contributed by atoms with Gasteiger partial charge in [0.1, 0.15) is 11.5 Å². The molecule has 0 aliphatic carbocycles. The van der Waals surface area contributed by atoms with E-state index in [4.69, 9.17) is 14.2 Å². The van der Waals surface area contributed by atoms with Crippen molar-refractivity contribution in [2.45, 2.75) is 12.3 Å². The quantitative estimate of drug-likeness (QED) is 0.577. The highest BCUT2D eigenvalue weighted by molar-refractivity contribution is 5.99. The summed E-state index contributed by atoms with van der Waals surface area (Å²) in [4.78, 5) is 24.7. The number of ether oxygens (including phenoxy) is 3. The fourth-order valence-electron chi connectivity index (χ4n) is 2.42. The molecule has 0 N–H and O–H groups in total. The predicted molar refractivity (Wildman–Crippen MR) is 89.7 cm³/mol. The van der Waals surface area contributed by atoms with Crippen LogP contribution < -0.4 is 9.47 Å². The molecule has 2 aromatic rings. The molecule has 0 saturated heterocycles. The molecule has 0 radical (unpaired) electrons. The van der Waals surface area contributed by atoms with E-state index in [1.807, 2.05) is 0 Å². The number of Topliss-reactive ketones (excluding diaryl/α,β-unsaturated/α-hetero) is 1. The first-order valence-electron chi connectivity index (χ1n) is 7.48. The first-order chi connectivity index (χ1) is 11.6. The van der Waals surface area contributed by atoms with Gasteiger partial charge in [-0.2, -0.15) is 0 Å². The summed E-state index contributed by atoms with van der Waals surface area (Å²) < 4.78 is 15.1. The molecule has 0 saturated carbocycles. The second-order valence-corrected chi connectivity index (χ2v) is 5.21. The van der Waals surface area contributed by atoms with Gasteiger partial charge in [0.05, 0.1) is 27.2 Å². The molecule has 0 heterocycles. The van der Waals surface area contributed by atoms with Crippen LogP contribution in [0, 0.1) is 0 Å². The second kappa shape index (κ2) is 8.15. The summed E-state index contributed by atoms with van der Waals surface area (Å²) in [5, 5.41) is 0. The van der Waals surface area contributed by atoms with Gasteiger partial charge >= 0.3 is 5.97 Å². The second-order valence-electron chi connectivity index (χ2n) is 5.21. The van der Waals surface area contributed by atoms with E-state index in [2.05, 4.69) is 0 Å². The number of ketones is 1. The molecular formula is C19H20O5. The molecule has 5 nitrogen and oxygen atoms in total. The molecule has 0 spiro atoms. The van der Waals surface area contributed by atoms with Crippen LogP contribution in [0.25, 0.3) is 0 Å². The molecule has 0 aliphatic rings. The van der Waals surface area contributed by atoms with Crippen LogP contribution >= 0.6 is 0 Å². The Bertz CT molecular complexity index is 706. The minimum Gasteiger partial charge on any atom is -0.497 e. The number of carbonyl (C=O) groups is 2. The van der Waals surface area contributed by atoms with Gasteiger partial charge in [0.15, 0.2) is 5.78 Å². The van der Waals surface area contributed by atoms with E-state index < -0.39 is 11.9 Å². The Morgan fingerprint density at radius 1 is 0.917 bits per heavy atom. The van der Waals surface area contributed by atoms with Crippen molar-refractivity contribution in [1.82, 2.24) is 0 Å². The number of carbonyl (C=O) groups excluding carboxylic acids is 2. The molecule has 0 aromatic heterocycles.